The summed E-state index contributed by atoms with van der Waals surface area (Å²) in [5.41, 5.74) is 0. The van der Waals surface area contributed by atoms with E-state index in [1.54, 1.807) is 0 Å². The van der Waals surface area contributed by atoms with Crippen molar-refractivity contribution in [2.45, 2.75) is 351 Å². The molecule has 14 heteroatoms. The van der Waals surface area contributed by atoms with Crippen molar-refractivity contribution in [3.8, 4) is 0 Å². The van der Waals surface area contributed by atoms with Gasteiger partial charge in [0.1, 0.15) is 48.8 Å². The van der Waals surface area contributed by atoms with Gasteiger partial charge in [-0.05, 0) is 51.4 Å². The molecule has 12 atom stereocenters. The van der Waals surface area contributed by atoms with Crippen molar-refractivity contribution in [2.75, 3.05) is 19.8 Å². The zero-order chi connectivity index (χ0) is 58.8. The molecule has 0 aromatic carbocycles. The first-order valence-corrected chi connectivity index (χ1v) is 33.4. The third-order valence-electron chi connectivity index (χ3n) is 16.3. The molecular formula is C67H123NO13. The number of hydrogen-bond donors (Lipinski definition) is 9. The van der Waals surface area contributed by atoms with E-state index >= 15 is 0 Å². The Bertz CT molecular complexity index is 1540. The molecule has 0 bridgehead atoms. The Balaban J connectivity index is 1.64. The normalized spacial score (nSPS) is 24.4. The molecule has 2 saturated heterocycles. The molecule has 0 aromatic heterocycles. The Labute approximate surface area is 493 Å². The van der Waals surface area contributed by atoms with E-state index in [4.69, 9.17) is 18.9 Å². The number of allylic oxidation sites excluding steroid dienone is 8. The van der Waals surface area contributed by atoms with Crippen LogP contribution in [0.2, 0.25) is 0 Å². The van der Waals surface area contributed by atoms with Crippen molar-refractivity contribution in [1.82, 2.24) is 5.32 Å². The maximum absolute atomic E-state index is 13.3. The summed E-state index contributed by atoms with van der Waals surface area (Å²) in [5, 5.41) is 87.4. The molecule has 0 saturated carbocycles. The summed E-state index contributed by atoms with van der Waals surface area (Å²) in [5.74, 6) is -0.204. The highest BCUT2D eigenvalue weighted by Crippen LogP contribution is 2.30. The number of amides is 1. The Morgan fingerprint density at radius 1 is 0.457 bits per heavy atom. The molecule has 81 heavy (non-hydrogen) atoms. The van der Waals surface area contributed by atoms with Crippen molar-refractivity contribution >= 4 is 5.91 Å². The highest BCUT2D eigenvalue weighted by atomic mass is 16.7. The maximum atomic E-state index is 13.3. The standard InChI is InChI=1S/C67H123NO13/c1-3-5-7-9-11-13-15-17-19-21-22-23-24-25-26-27-28-29-30-31-32-33-34-35-37-39-41-43-45-47-49-51-59(72)68-55(56(71)50-48-46-44-42-40-38-36-20-18-16-14-12-10-8-6-4-2)54-78-66-64(77)62(75)65(58(53-70)80-66)81-67-63(76)61(74)60(73)57(52-69)79-67/h5,7,11,13,17,19,22-23,55-58,60-67,69-71,73-77H,3-4,6,8-10,12,14-16,18,20-21,24-54H2,1-2H3,(H,68,72)/b7-5-,13-11-,19-17-,23-22-. The van der Waals surface area contributed by atoms with Crippen LogP contribution < -0.4 is 5.32 Å². The highest BCUT2D eigenvalue weighted by molar-refractivity contribution is 5.76. The maximum Gasteiger partial charge on any atom is 0.220 e. The van der Waals surface area contributed by atoms with Crippen molar-refractivity contribution in [1.29, 1.82) is 0 Å². The van der Waals surface area contributed by atoms with Gasteiger partial charge in [0.2, 0.25) is 5.91 Å². The smallest absolute Gasteiger partial charge is 0.220 e. The number of nitrogens with one attached hydrogen (secondary N) is 1. The molecule has 2 fully saturated rings. The van der Waals surface area contributed by atoms with Crippen molar-refractivity contribution in [2.24, 2.45) is 0 Å². The number of hydrogen-bond acceptors (Lipinski definition) is 13. The number of aliphatic hydroxyl groups excluding tert-OH is 8. The second kappa shape index (κ2) is 52.3. The minimum atomic E-state index is -1.78. The number of ether oxygens (including phenoxy) is 4. The van der Waals surface area contributed by atoms with Gasteiger partial charge in [0.25, 0.3) is 0 Å². The number of unbranched alkanes of at least 4 members (excludes halogenated alkanes) is 33. The number of carbonyl (C=O) groups is 1. The largest absolute Gasteiger partial charge is 0.394 e. The molecule has 2 heterocycles. The Morgan fingerprint density at radius 3 is 1.31 bits per heavy atom. The molecule has 2 rings (SSSR count). The van der Waals surface area contributed by atoms with Crippen LogP contribution in [0.3, 0.4) is 0 Å². The lowest BCUT2D eigenvalue weighted by molar-refractivity contribution is -0.359. The highest BCUT2D eigenvalue weighted by Gasteiger charge is 2.51. The molecular weight excluding hydrogens is 1030 g/mol. The predicted molar refractivity (Wildman–Crippen MR) is 327 cm³/mol. The average molecular weight is 1150 g/mol. The van der Waals surface area contributed by atoms with E-state index in [1.165, 1.54) is 173 Å². The predicted octanol–water partition coefficient (Wildman–Crippen LogP) is 12.7. The second-order valence-electron chi connectivity index (χ2n) is 23.6. The van der Waals surface area contributed by atoms with E-state index in [0.717, 1.165) is 77.0 Å². The van der Waals surface area contributed by atoms with Crippen molar-refractivity contribution in [3.05, 3.63) is 48.6 Å². The molecule has 2 aliphatic rings. The fourth-order valence-corrected chi connectivity index (χ4v) is 11.0. The minimum Gasteiger partial charge on any atom is -0.394 e. The van der Waals surface area contributed by atoms with Crippen molar-refractivity contribution < 1.29 is 64.6 Å². The lowest BCUT2D eigenvalue weighted by Gasteiger charge is -2.46. The van der Waals surface area contributed by atoms with Gasteiger partial charge in [-0.15, -0.1) is 0 Å². The van der Waals surface area contributed by atoms with Gasteiger partial charge in [0.15, 0.2) is 12.6 Å². The molecule has 1 amide bonds. The van der Waals surface area contributed by atoms with Crippen LogP contribution in [0.5, 0.6) is 0 Å². The quantitative estimate of drug-likeness (QED) is 0.0204. The van der Waals surface area contributed by atoms with Crippen LogP contribution in [-0.2, 0) is 23.7 Å². The number of aliphatic hydroxyl groups is 8. The summed E-state index contributed by atoms with van der Waals surface area (Å²) in [4.78, 5) is 13.3. The molecule has 0 spiro atoms. The van der Waals surface area contributed by atoms with Crippen LogP contribution in [0.1, 0.15) is 277 Å². The van der Waals surface area contributed by atoms with Gasteiger partial charge in [-0.1, -0.05) is 268 Å². The van der Waals surface area contributed by atoms with Crippen LogP contribution in [0.15, 0.2) is 48.6 Å². The van der Waals surface area contributed by atoms with Crippen LogP contribution in [0, 0.1) is 0 Å². The monoisotopic (exact) mass is 1150 g/mol. The van der Waals surface area contributed by atoms with Gasteiger partial charge < -0.3 is 65.1 Å². The fourth-order valence-electron chi connectivity index (χ4n) is 11.0. The van der Waals surface area contributed by atoms with Gasteiger partial charge in [-0.2, -0.15) is 0 Å². The van der Waals surface area contributed by atoms with Crippen LogP contribution >= 0.6 is 0 Å². The summed E-state index contributed by atoms with van der Waals surface area (Å²) in [7, 11) is 0. The zero-order valence-corrected chi connectivity index (χ0v) is 51.3. The Kier molecular flexibility index (Phi) is 48.5. The van der Waals surface area contributed by atoms with E-state index in [1.807, 2.05) is 0 Å². The number of carbonyl (C=O) groups excluding carboxylic acids is 1. The first-order valence-electron chi connectivity index (χ1n) is 33.4. The average Bonchev–Trinajstić information content (AvgIpc) is 3.47. The van der Waals surface area contributed by atoms with E-state index in [2.05, 4.69) is 67.8 Å². The Hall–Kier alpha value is -2.05. The van der Waals surface area contributed by atoms with Gasteiger partial charge in [-0.3, -0.25) is 4.79 Å². The van der Waals surface area contributed by atoms with Crippen molar-refractivity contribution in [3.63, 3.8) is 0 Å². The fraction of sp³-hybridized carbons (Fsp3) is 0.866. The summed E-state index contributed by atoms with van der Waals surface area (Å²) in [6.07, 6.45) is 49.8. The first-order chi connectivity index (χ1) is 39.6. The van der Waals surface area contributed by atoms with E-state index < -0.39 is 86.8 Å². The molecule has 0 radical (unpaired) electrons. The lowest BCUT2D eigenvalue weighted by atomic mass is 9.97. The molecule has 14 nitrogen and oxygen atoms in total. The topological polar surface area (TPSA) is 228 Å². The molecule has 2 aliphatic heterocycles. The van der Waals surface area contributed by atoms with Gasteiger partial charge in [0.05, 0.1) is 32.0 Å². The van der Waals surface area contributed by atoms with Crippen LogP contribution in [-0.4, -0.2) is 140 Å². The molecule has 0 aliphatic carbocycles. The number of rotatable bonds is 54. The molecule has 9 N–H and O–H groups in total. The van der Waals surface area contributed by atoms with E-state index in [0.29, 0.717) is 12.8 Å². The van der Waals surface area contributed by atoms with Crippen LogP contribution in [0.25, 0.3) is 0 Å². The summed E-state index contributed by atoms with van der Waals surface area (Å²) in [6.45, 7) is 2.78. The minimum absolute atomic E-state index is 0.204. The molecule has 12 unspecified atom stereocenters. The van der Waals surface area contributed by atoms with Gasteiger partial charge >= 0.3 is 0 Å². The second-order valence-corrected chi connectivity index (χ2v) is 23.6. The summed E-state index contributed by atoms with van der Waals surface area (Å²) in [6, 6.07) is -0.828. The zero-order valence-electron chi connectivity index (χ0n) is 51.3. The lowest BCUT2D eigenvalue weighted by Crippen LogP contribution is -2.65. The molecule has 474 valence electrons. The SMILES string of the molecule is CC/C=C\C/C=C\C/C=C\C/C=C\CCCCCCCCCCCCCCCCCCCCC(=O)NC(COC1OC(CO)C(OC2OC(CO)C(O)C(O)C2O)C(O)C1O)C(O)CCCCCCCCCCCCCCCCCC. The van der Waals surface area contributed by atoms with E-state index in [-0.39, 0.29) is 12.5 Å². The Morgan fingerprint density at radius 2 is 0.852 bits per heavy atom. The van der Waals surface area contributed by atoms with Crippen LogP contribution in [0.4, 0.5) is 0 Å². The third-order valence-corrected chi connectivity index (χ3v) is 16.3. The third kappa shape index (κ3) is 37.2. The van der Waals surface area contributed by atoms with Gasteiger partial charge in [-0.25, -0.2) is 0 Å². The summed E-state index contributed by atoms with van der Waals surface area (Å²) >= 11 is 0. The first kappa shape index (κ1) is 75.0. The molecule has 0 aromatic rings. The summed E-state index contributed by atoms with van der Waals surface area (Å²) < 4.78 is 22.9. The van der Waals surface area contributed by atoms with E-state index in [9.17, 15) is 45.6 Å². The van der Waals surface area contributed by atoms with Gasteiger partial charge in [0, 0.05) is 6.42 Å².